The highest BCUT2D eigenvalue weighted by Crippen LogP contribution is 2.26. The van der Waals surface area contributed by atoms with Crippen LogP contribution in [0.15, 0.2) is 29.6 Å². The summed E-state index contributed by atoms with van der Waals surface area (Å²) in [5, 5.41) is 20.6. The third-order valence-electron chi connectivity index (χ3n) is 2.67. The van der Waals surface area contributed by atoms with Crippen LogP contribution in [0, 0.1) is 0 Å². The standard InChI is InChI=1S/C13H13NO4S/c15-12(16)6-14(7-13(17)18)5-9-8-19-11-4-2-1-3-10(9)11/h1-4,8H,5-7H2,(H,15,16)(H,17,18). The molecule has 0 aliphatic heterocycles. The molecular weight excluding hydrogens is 266 g/mol. The lowest BCUT2D eigenvalue weighted by Gasteiger charge is -2.17. The molecule has 1 aromatic carbocycles. The Labute approximate surface area is 113 Å². The predicted molar refractivity (Wildman–Crippen MR) is 72.4 cm³/mol. The molecule has 0 spiro atoms. The molecule has 100 valence electrons. The number of hydrogen-bond acceptors (Lipinski definition) is 4. The van der Waals surface area contributed by atoms with E-state index in [-0.39, 0.29) is 13.1 Å². The van der Waals surface area contributed by atoms with Gasteiger partial charge in [-0.3, -0.25) is 14.5 Å². The first-order valence-electron chi connectivity index (χ1n) is 5.67. The summed E-state index contributed by atoms with van der Waals surface area (Å²) in [6.45, 7) is -0.241. The monoisotopic (exact) mass is 279 g/mol. The molecule has 0 fully saturated rings. The molecule has 0 aliphatic carbocycles. The molecule has 2 aromatic rings. The summed E-state index contributed by atoms with van der Waals surface area (Å²) >= 11 is 1.57. The van der Waals surface area contributed by atoms with Crippen LogP contribution in [0.5, 0.6) is 0 Å². The second-order valence-electron chi connectivity index (χ2n) is 4.19. The second kappa shape index (κ2) is 5.81. The van der Waals surface area contributed by atoms with Crippen LogP contribution in [0.3, 0.4) is 0 Å². The van der Waals surface area contributed by atoms with Crippen molar-refractivity contribution in [2.24, 2.45) is 0 Å². The maximum atomic E-state index is 10.8. The van der Waals surface area contributed by atoms with Gasteiger partial charge in [0.25, 0.3) is 0 Å². The van der Waals surface area contributed by atoms with Crippen LogP contribution in [0.2, 0.25) is 0 Å². The number of nitrogens with zero attached hydrogens (tertiary/aromatic N) is 1. The second-order valence-corrected chi connectivity index (χ2v) is 5.10. The molecule has 1 aromatic heterocycles. The summed E-state index contributed by atoms with van der Waals surface area (Å²) in [5.41, 5.74) is 0.961. The minimum atomic E-state index is -1.03. The lowest BCUT2D eigenvalue weighted by atomic mass is 10.1. The molecule has 0 atom stereocenters. The molecule has 19 heavy (non-hydrogen) atoms. The summed E-state index contributed by atoms with van der Waals surface area (Å²) < 4.78 is 1.11. The van der Waals surface area contributed by atoms with E-state index >= 15 is 0 Å². The smallest absolute Gasteiger partial charge is 0.317 e. The van der Waals surface area contributed by atoms with Crippen LogP contribution < -0.4 is 0 Å². The lowest BCUT2D eigenvalue weighted by molar-refractivity contribution is -0.141. The number of rotatable bonds is 6. The zero-order valence-electron chi connectivity index (χ0n) is 10.1. The van der Waals surface area contributed by atoms with E-state index in [9.17, 15) is 9.59 Å². The van der Waals surface area contributed by atoms with Crippen LogP contribution in [-0.4, -0.2) is 40.1 Å². The Morgan fingerprint density at radius 2 is 1.74 bits per heavy atom. The Morgan fingerprint density at radius 3 is 2.37 bits per heavy atom. The van der Waals surface area contributed by atoms with Crippen molar-refractivity contribution in [1.82, 2.24) is 4.90 Å². The largest absolute Gasteiger partial charge is 0.480 e. The van der Waals surface area contributed by atoms with Crippen molar-refractivity contribution in [3.63, 3.8) is 0 Å². The van der Waals surface area contributed by atoms with Crippen molar-refractivity contribution in [3.05, 3.63) is 35.2 Å². The molecule has 0 unspecified atom stereocenters. The fraction of sp³-hybridized carbons (Fsp3) is 0.231. The molecule has 0 amide bonds. The van der Waals surface area contributed by atoms with Gasteiger partial charge in [-0.15, -0.1) is 11.3 Å². The topological polar surface area (TPSA) is 77.8 Å². The highest BCUT2D eigenvalue weighted by Gasteiger charge is 2.15. The van der Waals surface area contributed by atoms with Gasteiger partial charge >= 0.3 is 11.9 Å². The zero-order chi connectivity index (χ0) is 13.8. The van der Waals surface area contributed by atoms with E-state index in [0.29, 0.717) is 6.54 Å². The van der Waals surface area contributed by atoms with Crippen molar-refractivity contribution in [1.29, 1.82) is 0 Å². The van der Waals surface area contributed by atoms with Gasteiger partial charge in [-0.25, -0.2) is 0 Å². The molecule has 6 heteroatoms. The van der Waals surface area contributed by atoms with Crippen LogP contribution in [0.25, 0.3) is 10.1 Å². The number of carbonyl (C=O) groups is 2. The maximum Gasteiger partial charge on any atom is 0.317 e. The van der Waals surface area contributed by atoms with Gasteiger partial charge in [0.2, 0.25) is 0 Å². The molecule has 2 N–H and O–H groups in total. The summed E-state index contributed by atoms with van der Waals surface area (Å²) in [6.07, 6.45) is 0. The van der Waals surface area contributed by atoms with Crippen molar-refractivity contribution in [2.75, 3.05) is 13.1 Å². The number of carboxylic acid groups (broad SMARTS) is 2. The number of benzene rings is 1. The van der Waals surface area contributed by atoms with Crippen LogP contribution in [0.4, 0.5) is 0 Å². The molecule has 0 saturated heterocycles. The Morgan fingerprint density at radius 1 is 1.11 bits per heavy atom. The molecule has 1 heterocycles. The summed E-state index contributed by atoms with van der Waals surface area (Å²) in [6, 6.07) is 7.80. The van der Waals surface area contributed by atoms with Gasteiger partial charge in [-0.05, 0) is 22.4 Å². The van der Waals surface area contributed by atoms with Crippen molar-refractivity contribution in [3.8, 4) is 0 Å². The van der Waals surface area contributed by atoms with Crippen LogP contribution >= 0.6 is 11.3 Å². The van der Waals surface area contributed by atoms with Crippen molar-refractivity contribution in [2.45, 2.75) is 6.54 Å². The molecule has 0 radical (unpaired) electrons. The number of thiophene rings is 1. The Balaban J connectivity index is 2.20. The van der Waals surface area contributed by atoms with Gasteiger partial charge in [0.05, 0.1) is 13.1 Å². The molecule has 0 aliphatic rings. The number of hydrogen-bond donors (Lipinski definition) is 2. The quantitative estimate of drug-likeness (QED) is 0.844. The Bertz CT molecular complexity index is 591. The number of aliphatic carboxylic acids is 2. The molecule has 0 bridgehead atoms. The SMILES string of the molecule is O=C(O)CN(CC(=O)O)Cc1csc2ccccc12. The first-order valence-corrected chi connectivity index (χ1v) is 6.55. The molecule has 0 saturated carbocycles. The molecule has 2 rings (SSSR count). The summed E-state index contributed by atoms with van der Waals surface area (Å²) in [4.78, 5) is 22.9. The van der Waals surface area contributed by atoms with E-state index in [1.165, 1.54) is 4.90 Å². The van der Waals surface area contributed by atoms with Crippen molar-refractivity contribution < 1.29 is 19.8 Å². The molecular formula is C13H13NO4S. The van der Waals surface area contributed by atoms with Gasteiger partial charge in [0.1, 0.15) is 0 Å². The number of carboxylic acids is 2. The fourth-order valence-corrected chi connectivity index (χ4v) is 2.90. The van der Waals surface area contributed by atoms with Gasteiger partial charge in [-0.2, -0.15) is 0 Å². The normalized spacial score (nSPS) is 11.0. The fourth-order valence-electron chi connectivity index (χ4n) is 1.95. The Hall–Kier alpha value is -1.92. The van der Waals surface area contributed by atoms with E-state index in [2.05, 4.69) is 0 Å². The predicted octanol–water partition coefficient (Wildman–Crippen LogP) is 1.87. The van der Waals surface area contributed by atoms with E-state index in [4.69, 9.17) is 10.2 Å². The van der Waals surface area contributed by atoms with Crippen LogP contribution in [-0.2, 0) is 16.1 Å². The van der Waals surface area contributed by atoms with Gasteiger partial charge in [0.15, 0.2) is 0 Å². The first kappa shape index (κ1) is 13.5. The molecule has 5 nitrogen and oxygen atoms in total. The van der Waals surface area contributed by atoms with E-state index in [0.717, 1.165) is 15.6 Å². The third-order valence-corrected chi connectivity index (χ3v) is 3.69. The van der Waals surface area contributed by atoms with Crippen molar-refractivity contribution >= 4 is 33.4 Å². The zero-order valence-corrected chi connectivity index (χ0v) is 10.9. The highest BCUT2D eigenvalue weighted by atomic mass is 32.1. The average molecular weight is 279 g/mol. The minimum Gasteiger partial charge on any atom is -0.480 e. The lowest BCUT2D eigenvalue weighted by Crippen LogP contribution is -2.33. The first-order chi connectivity index (χ1) is 9.06. The van der Waals surface area contributed by atoms with Gasteiger partial charge < -0.3 is 10.2 Å². The Kier molecular flexibility index (Phi) is 4.13. The van der Waals surface area contributed by atoms with E-state index in [1.807, 2.05) is 29.6 Å². The summed E-state index contributed by atoms with van der Waals surface area (Å²) in [5.74, 6) is -2.05. The summed E-state index contributed by atoms with van der Waals surface area (Å²) in [7, 11) is 0. The third kappa shape index (κ3) is 3.52. The highest BCUT2D eigenvalue weighted by molar-refractivity contribution is 7.17. The number of fused-ring (bicyclic) bond motifs is 1. The van der Waals surface area contributed by atoms with Crippen LogP contribution in [0.1, 0.15) is 5.56 Å². The average Bonchev–Trinajstić information content (AvgIpc) is 2.71. The maximum absolute atomic E-state index is 10.8. The van der Waals surface area contributed by atoms with E-state index in [1.54, 1.807) is 11.3 Å². The minimum absolute atomic E-state index is 0.281. The van der Waals surface area contributed by atoms with Gasteiger partial charge in [0, 0.05) is 11.2 Å². The van der Waals surface area contributed by atoms with Gasteiger partial charge in [-0.1, -0.05) is 18.2 Å². The van der Waals surface area contributed by atoms with E-state index < -0.39 is 11.9 Å².